The maximum absolute atomic E-state index is 12.6. The van der Waals surface area contributed by atoms with Crippen molar-refractivity contribution in [2.75, 3.05) is 19.7 Å². The number of hydrogen-bond acceptors (Lipinski definition) is 3. The molecule has 0 spiro atoms. The molecule has 2 N–H and O–H groups in total. The van der Waals surface area contributed by atoms with Crippen molar-refractivity contribution in [3.63, 3.8) is 0 Å². The van der Waals surface area contributed by atoms with Crippen molar-refractivity contribution in [3.8, 4) is 0 Å². The molecule has 0 aromatic rings. The van der Waals surface area contributed by atoms with E-state index in [2.05, 4.69) is 0 Å². The molecule has 0 saturated carbocycles. The second-order valence-corrected chi connectivity index (χ2v) is 6.09. The summed E-state index contributed by atoms with van der Waals surface area (Å²) in [6.07, 6.45) is 1.93. The number of aliphatic hydroxyl groups is 1. The van der Waals surface area contributed by atoms with Gasteiger partial charge in [-0.2, -0.15) is 0 Å². The van der Waals surface area contributed by atoms with E-state index >= 15 is 0 Å². The maximum atomic E-state index is 12.6. The number of likely N-dealkylation sites (tertiary alicyclic amines) is 2. The molecule has 4 atom stereocenters. The summed E-state index contributed by atoms with van der Waals surface area (Å²) in [5, 5.41) is 18.5. The Labute approximate surface area is 119 Å². The molecule has 6 heteroatoms. The monoisotopic (exact) mass is 284 g/mol. The van der Waals surface area contributed by atoms with Gasteiger partial charge >= 0.3 is 12.0 Å². The minimum atomic E-state index is -0.771. The summed E-state index contributed by atoms with van der Waals surface area (Å²) in [5.74, 6) is -0.803. The SMILES string of the molecule is CC1CCN(C(=O)N2CCC(C(=O)O)CC2C)C1CO. The smallest absolute Gasteiger partial charge is 0.320 e. The largest absolute Gasteiger partial charge is 0.481 e. The van der Waals surface area contributed by atoms with E-state index in [9.17, 15) is 14.7 Å². The van der Waals surface area contributed by atoms with Gasteiger partial charge in [-0.05, 0) is 32.1 Å². The number of aliphatic hydroxyl groups excluding tert-OH is 1. The van der Waals surface area contributed by atoms with Crippen molar-refractivity contribution in [1.29, 1.82) is 0 Å². The van der Waals surface area contributed by atoms with Gasteiger partial charge in [0.25, 0.3) is 0 Å². The first-order valence-corrected chi connectivity index (χ1v) is 7.36. The highest BCUT2D eigenvalue weighted by molar-refractivity contribution is 5.76. The molecule has 0 bridgehead atoms. The number of carboxylic acids is 1. The molecule has 2 rings (SSSR count). The Hall–Kier alpha value is -1.30. The van der Waals surface area contributed by atoms with Crippen LogP contribution in [0.3, 0.4) is 0 Å². The van der Waals surface area contributed by atoms with Gasteiger partial charge in [0.2, 0.25) is 0 Å². The molecular weight excluding hydrogens is 260 g/mol. The molecule has 4 unspecified atom stereocenters. The van der Waals surface area contributed by atoms with Gasteiger partial charge in [-0.3, -0.25) is 4.79 Å². The van der Waals surface area contributed by atoms with Crippen LogP contribution in [0.15, 0.2) is 0 Å². The average Bonchev–Trinajstić information content (AvgIpc) is 2.78. The lowest BCUT2D eigenvalue weighted by atomic mass is 9.92. The van der Waals surface area contributed by atoms with E-state index in [-0.39, 0.29) is 30.6 Å². The first-order valence-electron chi connectivity index (χ1n) is 7.36. The fourth-order valence-electron chi connectivity index (χ4n) is 3.37. The topological polar surface area (TPSA) is 81.1 Å². The Balaban J connectivity index is 2.01. The van der Waals surface area contributed by atoms with Crippen LogP contribution in [0.25, 0.3) is 0 Å². The first kappa shape index (κ1) is 15.1. The van der Waals surface area contributed by atoms with Gasteiger partial charge in [0.1, 0.15) is 0 Å². The standard InChI is InChI=1S/C14H24N2O4/c1-9-3-5-16(12(9)8-17)14(20)15-6-4-11(13(18)19)7-10(15)2/h9-12,17H,3-8H2,1-2H3,(H,18,19). The molecule has 0 radical (unpaired) electrons. The predicted molar refractivity (Wildman–Crippen MR) is 73.3 cm³/mol. The van der Waals surface area contributed by atoms with Gasteiger partial charge in [-0.1, -0.05) is 6.92 Å². The summed E-state index contributed by atoms with van der Waals surface area (Å²) in [4.78, 5) is 27.1. The summed E-state index contributed by atoms with van der Waals surface area (Å²) in [6.45, 7) is 5.11. The molecule has 0 aromatic heterocycles. The molecule has 2 aliphatic heterocycles. The van der Waals surface area contributed by atoms with Crippen molar-refractivity contribution in [3.05, 3.63) is 0 Å². The summed E-state index contributed by atoms with van der Waals surface area (Å²) in [5.41, 5.74) is 0. The normalized spacial score (nSPS) is 34.4. The molecule has 6 nitrogen and oxygen atoms in total. The molecule has 20 heavy (non-hydrogen) atoms. The van der Waals surface area contributed by atoms with Crippen LogP contribution in [0.4, 0.5) is 4.79 Å². The molecule has 2 amide bonds. The van der Waals surface area contributed by atoms with Gasteiger partial charge in [-0.15, -0.1) is 0 Å². The Morgan fingerprint density at radius 1 is 1.15 bits per heavy atom. The van der Waals surface area contributed by atoms with Crippen LogP contribution in [0.5, 0.6) is 0 Å². The van der Waals surface area contributed by atoms with Crippen LogP contribution in [0, 0.1) is 11.8 Å². The van der Waals surface area contributed by atoms with E-state index in [1.54, 1.807) is 9.80 Å². The number of rotatable bonds is 2. The number of carbonyl (C=O) groups is 2. The Kier molecular flexibility index (Phi) is 4.52. The van der Waals surface area contributed by atoms with Crippen LogP contribution < -0.4 is 0 Å². The molecular formula is C14H24N2O4. The highest BCUT2D eigenvalue weighted by Crippen LogP contribution is 2.29. The van der Waals surface area contributed by atoms with Gasteiger partial charge < -0.3 is 20.0 Å². The lowest BCUT2D eigenvalue weighted by Gasteiger charge is -2.40. The molecule has 0 aliphatic carbocycles. The zero-order valence-corrected chi connectivity index (χ0v) is 12.2. The first-order chi connectivity index (χ1) is 9.45. The van der Waals surface area contributed by atoms with Crippen molar-refractivity contribution >= 4 is 12.0 Å². The van der Waals surface area contributed by atoms with E-state index in [0.717, 1.165) is 6.42 Å². The number of urea groups is 1. The number of carboxylic acid groups (broad SMARTS) is 1. The third kappa shape index (κ3) is 2.75. The van der Waals surface area contributed by atoms with E-state index in [1.165, 1.54) is 0 Å². The quantitative estimate of drug-likeness (QED) is 0.792. The minimum absolute atomic E-state index is 0.00706. The fraction of sp³-hybridized carbons (Fsp3) is 0.857. The Morgan fingerprint density at radius 2 is 1.80 bits per heavy atom. The molecule has 2 heterocycles. The summed E-state index contributed by atoms with van der Waals surface area (Å²) in [6, 6.07) is -0.218. The van der Waals surface area contributed by atoms with Crippen molar-refractivity contribution in [1.82, 2.24) is 9.80 Å². The zero-order chi connectivity index (χ0) is 14.9. The third-order valence-electron chi connectivity index (χ3n) is 4.79. The number of amides is 2. The van der Waals surface area contributed by atoms with Crippen LogP contribution in [0.2, 0.25) is 0 Å². The third-order valence-corrected chi connectivity index (χ3v) is 4.79. The van der Waals surface area contributed by atoms with Crippen LogP contribution in [-0.4, -0.2) is 63.8 Å². The number of aliphatic carboxylic acids is 1. The maximum Gasteiger partial charge on any atom is 0.320 e. The molecule has 0 aromatic carbocycles. The second-order valence-electron chi connectivity index (χ2n) is 6.09. The van der Waals surface area contributed by atoms with Gasteiger partial charge in [0.15, 0.2) is 0 Å². The fourth-order valence-corrected chi connectivity index (χ4v) is 3.37. The summed E-state index contributed by atoms with van der Waals surface area (Å²) >= 11 is 0. The molecule has 2 fully saturated rings. The van der Waals surface area contributed by atoms with Crippen LogP contribution in [0.1, 0.15) is 33.1 Å². The average molecular weight is 284 g/mol. The van der Waals surface area contributed by atoms with Crippen molar-refractivity contribution in [2.45, 2.75) is 45.2 Å². The summed E-state index contributed by atoms with van der Waals surface area (Å²) < 4.78 is 0. The molecule has 2 aliphatic rings. The number of nitrogens with zero attached hydrogens (tertiary/aromatic N) is 2. The van der Waals surface area contributed by atoms with Gasteiger partial charge in [0.05, 0.1) is 18.6 Å². The van der Waals surface area contributed by atoms with E-state index in [4.69, 9.17) is 5.11 Å². The lowest BCUT2D eigenvalue weighted by molar-refractivity contribution is -0.143. The molecule has 114 valence electrons. The highest BCUT2D eigenvalue weighted by atomic mass is 16.4. The molecule has 2 saturated heterocycles. The van der Waals surface area contributed by atoms with Gasteiger partial charge in [-0.25, -0.2) is 4.79 Å². The van der Waals surface area contributed by atoms with E-state index in [1.807, 2.05) is 13.8 Å². The number of piperidine rings is 1. The second kappa shape index (κ2) is 5.99. The Morgan fingerprint density at radius 3 is 2.35 bits per heavy atom. The van der Waals surface area contributed by atoms with E-state index < -0.39 is 5.97 Å². The lowest BCUT2D eigenvalue weighted by Crippen LogP contribution is -2.53. The highest BCUT2D eigenvalue weighted by Gasteiger charge is 2.39. The predicted octanol–water partition coefficient (Wildman–Crippen LogP) is 0.994. The van der Waals surface area contributed by atoms with Crippen LogP contribution >= 0.6 is 0 Å². The number of carbonyl (C=O) groups excluding carboxylic acids is 1. The van der Waals surface area contributed by atoms with Crippen molar-refractivity contribution < 1.29 is 19.8 Å². The van der Waals surface area contributed by atoms with Gasteiger partial charge in [0, 0.05) is 19.1 Å². The van der Waals surface area contributed by atoms with Crippen LogP contribution in [-0.2, 0) is 4.79 Å². The zero-order valence-electron chi connectivity index (χ0n) is 12.2. The van der Waals surface area contributed by atoms with E-state index in [0.29, 0.717) is 31.8 Å². The number of hydrogen-bond donors (Lipinski definition) is 2. The van der Waals surface area contributed by atoms with Crippen molar-refractivity contribution in [2.24, 2.45) is 11.8 Å². The summed E-state index contributed by atoms with van der Waals surface area (Å²) in [7, 11) is 0. The Bertz CT molecular complexity index is 387. The minimum Gasteiger partial charge on any atom is -0.481 e.